The van der Waals surface area contributed by atoms with Crippen molar-refractivity contribution in [2.45, 2.75) is 37.5 Å². The third-order valence-electron chi connectivity index (χ3n) is 7.40. The van der Waals surface area contributed by atoms with Crippen LogP contribution in [0, 0.1) is 0 Å². The molecule has 3 fully saturated rings. The molecule has 3 heterocycles. The van der Waals surface area contributed by atoms with Gasteiger partial charge in [-0.15, -0.1) is 0 Å². The Morgan fingerprint density at radius 3 is 2.25 bits per heavy atom. The lowest BCUT2D eigenvalue weighted by Crippen LogP contribution is -2.60. The first-order valence-corrected chi connectivity index (χ1v) is 12.7. The lowest BCUT2D eigenvalue weighted by Gasteiger charge is -2.44. The molecule has 0 saturated carbocycles. The number of methoxy groups -OCH3 is 1. The molecule has 36 heavy (non-hydrogen) atoms. The van der Waals surface area contributed by atoms with Crippen LogP contribution < -0.4 is 4.74 Å². The molecule has 2 aromatic carbocycles. The van der Waals surface area contributed by atoms with E-state index >= 15 is 0 Å². The van der Waals surface area contributed by atoms with Crippen molar-refractivity contribution < 1.29 is 23.9 Å². The lowest BCUT2D eigenvalue weighted by atomic mass is 9.96. The maximum atomic E-state index is 13.9. The topological polar surface area (TPSA) is 79.4 Å². The van der Waals surface area contributed by atoms with Crippen molar-refractivity contribution in [3.63, 3.8) is 0 Å². The standard InChI is InChI=1S/C27H30ClN3O5/c1-35-22-9-5-7-20(17-22)25(33)31-23(26(34)29-12-2-3-13-29)18-36-27(31)10-14-30(15-11-27)24(32)19-6-4-8-21(28)16-19/h4-9,16-17,23H,2-3,10-15,18H2,1H3. The van der Waals surface area contributed by atoms with Gasteiger partial charge in [0.15, 0.2) is 0 Å². The number of rotatable bonds is 4. The summed E-state index contributed by atoms with van der Waals surface area (Å²) in [6.45, 7) is 2.35. The molecular formula is C27H30ClN3O5. The Kier molecular flexibility index (Phi) is 6.90. The molecule has 3 amide bonds. The molecule has 0 aromatic heterocycles. The average Bonchev–Trinajstić information content (AvgIpc) is 3.57. The molecule has 0 bridgehead atoms. The Hall–Kier alpha value is -3.10. The van der Waals surface area contributed by atoms with Gasteiger partial charge in [0, 0.05) is 55.2 Å². The zero-order chi connectivity index (χ0) is 25.3. The summed E-state index contributed by atoms with van der Waals surface area (Å²) in [6, 6.07) is 13.1. The van der Waals surface area contributed by atoms with Gasteiger partial charge in [0.1, 0.15) is 17.5 Å². The highest BCUT2D eigenvalue weighted by atomic mass is 35.5. The molecule has 0 radical (unpaired) electrons. The third-order valence-corrected chi connectivity index (χ3v) is 7.64. The summed E-state index contributed by atoms with van der Waals surface area (Å²) >= 11 is 6.08. The summed E-state index contributed by atoms with van der Waals surface area (Å²) in [5.41, 5.74) is 0.0128. The zero-order valence-electron chi connectivity index (χ0n) is 20.3. The minimum atomic E-state index is -0.953. The molecule has 9 heteroatoms. The number of carbonyl (C=O) groups is 3. The highest BCUT2D eigenvalue weighted by molar-refractivity contribution is 6.30. The SMILES string of the molecule is COc1cccc(C(=O)N2C(C(=O)N3CCCC3)COC23CCN(C(=O)c2cccc(Cl)c2)CC3)c1. The maximum absolute atomic E-state index is 13.9. The molecule has 0 aliphatic carbocycles. The molecule has 5 rings (SSSR count). The third kappa shape index (κ3) is 4.55. The van der Waals surface area contributed by atoms with Crippen molar-refractivity contribution in [3.05, 3.63) is 64.7 Å². The summed E-state index contributed by atoms with van der Waals surface area (Å²) < 4.78 is 11.6. The number of carbonyl (C=O) groups excluding carboxylic acids is 3. The van der Waals surface area contributed by atoms with Crippen LogP contribution in [0.25, 0.3) is 0 Å². The fourth-order valence-electron chi connectivity index (χ4n) is 5.46. The number of benzene rings is 2. The van der Waals surface area contributed by atoms with E-state index in [4.69, 9.17) is 21.1 Å². The van der Waals surface area contributed by atoms with Gasteiger partial charge in [0.2, 0.25) is 5.91 Å². The van der Waals surface area contributed by atoms with Gasteiger partial charge in [-0.1, -0.05) is 23.7 Å². The van der Waals surface area contributed by atoms with E-state index in [1.807, 2.05) is 4.90 Å². The number of likely N-dealkylation sites (tertiary alicyclic amines) is 2. The summed E-state index contributed by atoms with van der Waals surface area (Å²) in [7, 11) is 1.55. The Morgan fingerprint density at radius 1 is 0.917 bits per heavy atom. The van der Waals surface area contributed by atoms with Gasteiger partial charge in [0.05, 0.1) is 13.7 Å². The van der Waals surface area contributed by atoms with Crippen LogP contribution in [0.15, 0.2) is 48.5 Å². The van der Waals surface area contributed by atoms with Gasteiger partial charge in [-0.2, -0.15) is 0 Å². The normalized spacial score (nSPS) is 21.2. The van der Waals surface area contributed by atoms with Crippen LogP contribution in [0.5, 0.6) is 5.75 Å². The number of hydrogen-bond acceptors (Lipinski definition) is 5. The van der Waals surface area contributed by atoms with Crippen molar-refractivity contribution in [1.29, 1.82) is 0 Å². The number of amides is 3. The van der Waals surface area contributed by atoms with Gasteiger partial charge < -0.3 is 19.3 Å². The molecule has 3 aliphatic rings. The van der Waals surface area contributed by atoms with E-state index in [0.29, 0.717) is 60.9 Å². The number of nitrogens with zero attached hydrogens (tertiary/aromatic N) is 3. The number of piperidine rings is 1. The van der Waals surface area contributed by atoms with Crippen LogP contribution in [0.2, 0.25) is 5.02 Å². The monoisotopic (exact) mass is 511 g/mol. The smallest absolute Gasteiger partial charge is 0.257 e. The predicted octanol–water partition coefficient (Wildman–Crippen LogP) is 3.44. The summed E-state index contributed by atoms with van der Waals surface area (Å²) in [6.07, 6.45) is 2.77. The van der Waals surface area contributed by atoms with Crippen LogP contribution in [-0.4, -0.2) is 84.1 Å². The fourth-order valence-corrected chi connectivity index (χ4v) is 5.65. The van der Waals surface area contributed by atoms with Crippen molar-refractivity contribution >= 4 is 29.3 Å². The summed E-state index contributed by atoms with van der Waals surface area (Å²) in [5.74, 6) is 0.122. The van der Waals surface area contributed by atoms with Crippen molar-refractivity contribution in [2.24, 2.45) is 0 Å². The van der Waals surface area contributed by atoms with E-state index in [1.54, 1.807) is 65.4 Å². The largest absolute Gasteiger partial charge is 0.497 e. The van der Waals surface area contributed by atoms with Gasteiger partial charge in [0.25, 0.3) is 11.8 Å². The quantitative estimate of drug-likeness (QED) is 0.628. The van der Waals surface area contributed by atoms with E-state index in [0.717, 1.165) is 12.8 Å². The first kappa shape index (κ1) is 24.6. The van der Waals surface area contributed by atoms with E-state index in [1.165, 1.54) is 0 Å². The zero-order valence-corrected chi connectivity index (χ0v) is 21.1. The first-order valence-electron chi connectivity index (χ1n) is 12.4. The molecule has 2 aromatic rings. The molecule has 1 spiro atoms. The fraction of sp³-hybridized carbons (Fsp3) is 0.444. The van der Waals surface area contributed by atoms with Crippen LogP contribution in [0.3, 0.4) is 0 Å². The van der Waals surface area contributed by atoms with Crippen LogP contribution >= 0.6 is 11.6 Å². The van der Waals surface area contributed by atoms with E-state index in [2.05, 4.69) is 0 Å². The minimum absolute atomic E-state index is 0.0712. The Balaban J connectivity index is 1.41. The molecule has 3 aliphatic heterocycles. The van der Waals surface area contributed by atoms with Gasteiger partial charge in [-0.05, 0) is 49.2 Å². The molecule has 3 saturated heterocycles. The molecule has 1 unspecified atom stereocenters. The van der Waals surface area contributed by atoms with E-state index in [-0.39, 0.29) is 24.3 Å². The first-order chi connectivity index (χ1) is 17.4. The molecule has 8 nitrogen and oxygen atoms in total. The maximum Gasteiger partial charge on any atom is 0.257 e. The number of hydrogen-bond donors (Lipinski definition) is 0. The van der Waals surface area contributed by atoms with Crippen molar-refractivity contribution in [1.82, 2.24) is 14.7 Å². The second-order valence-electron chi connectivity index (χ2n) is 9.52. The second kappa shape index (κ2) is 10.1. The average molecular weight is 512 g/mol. The number of halogens is 1. The Morgan fingerprint density at radius 2 is 1.58 bits per heavy atom. The predicted molar refractivity (Wildman–Crippen MR) is 134 cm³/mol. The molecular weight excluding hydrogens is 482 g/mol. The van der Waals surface area contributed by atoms with Crippen molar-refractivity contribution in [2.75, 3.05) is 39.9 Å². The van der Waals surface area contributed by atoms with Gasteiger partial charge >= 0.3 is 0 Å². The summed E-state index contributed by atoms with van der Waals surface area (Å²) in [4.78, 5) is 45.7. The van der Waals surface area contributed by atoms with Gasteiger partial charge in [-0.25, -0.2) is 0 Å². The van der Waals surface area contributed by atoms with Crippen LogP contribution in [0.4, 0.5) is 0 Å². The van der Waals surface area contributed by atoms with Crippen LogP contribution in [0.1, 0.15) is 46.4 Å². The molecule has 190 valence electrons. The Bertz CT molecular complexity index is 1160. The Labute approximate surface area is 215 Å². The highest BCUT2D eigenvalue weighted by Crippen LogP contribution is 2.39. The van der Waals surface area contributed by atoms with Crippen molar-refractivity contribution in [3.8, 4) is 5.75 Å². The van der Waals surface area contributed by atoms with E-state index < -0.39 is 11.8 Å². The lowest BCUT2D eigenvalue weighted by molar-refractivity contribution is -0.136. The number of ether oxygens (including phenoxy) is 2. The minimum Gasteiger partial charge on any atom is -0.497 e. The molecule has 1 atom stereocenters. The highest BCUT2D eigenvalue weighted by Gasteiger charge is 2.55. The van der Waals surface area contributed by atoms with E-state index in [9.17, 15) is 14.4 Å². The second-order valence-corrected chi connectivity index (χ2v) is 9.95. The van der Waals surface area contributed by atoms with Crippen LogP contribution in [-0.2, 0) is 9.53 Å². The van der Waals surface area contributed by atoms with Gasteiger partial charge in [-0.3, -0.25) is 19.3 Å². The molecule has 0 N–H and O–H groups in total. The summed E-state index contributed by atoms with van der Waals surface area (Å²) in [5, 5.41) is 0.506.